The zero-order valence-electron chi connectivity index (χ0n) is 12.3. The highest BCUT2D eigenvalue weighted by molar-refractivity contribution is 7.89. The molecule has 3 aromatic rings. The number of imidazole rings is 1. The van der Waals surface area contributed by atoms with Gasteiger partial charge < -0.3 is 9.72 Å². The van der Waals surface area contributed by atoms with E-state index in [0.717, 1.165) is 11.0 Å². The number of fused-ring (bicyclic) bond motifs is 1. The summed E-state index contributed by atoms with van der Waals surface area (Å²) < 4.78 is 27.8. The van der Waals surface area contributed by atoms with E-state index in [-0.39, 0.29) is 5.75 Å². The first kappa shape index (κ1) is 15.2. The third-order valence-electron chi connectivity index (χ3n) is 3.22. The number of H-pyrrole nitrogens is 1. The molecule has 2 aromatic carbocycles. The lowest BCUT2D eigenvalue weighted by Crippen LogP contribution is -2.09. The molecular formula is C16H14N2O4S. The Morgan fingerprint density at radius 2 is 1.91 bits per heavy atom. The van der Waals surface area contributed by atoms with Gasteiger partial charge in [-0.1, -0.05) is 12.1 Å². The Morgan fingerprint density at radius 3 is 2.61 bits per heavy atom. The predicted octanol–water partition coefficient (Wildman–Crippen LogP) is 2.33. The van der Waals surface area contributed by atoms with Gasteiger partial charge in [0.15, 0.2) is 9.84 Å². The van der Waals surface area contributed by atoms with E-state index < -0.39 is 15.8 Å². The van der Waals surface area contributed by atoms with Gasteiger partial charge in [-0.3, -0.25) is 0 Å². The van der Waals surface area contributed by atoms with Crippen molar-refractivity contribution in [2.24, 2.45) is 0 Å². The molecule has 0 aliphatic heterocycles. The van der Waals surface area contributed by atoms with Gasteiger partial charge in [0.1, 0.15) is 5.75 Å². The Morgan fingerprint density at radius 1 is 1.17 bits per heavy atom. The van der Waals surface area contributed by atoms with Crippen molar-refractivity contribution >= 4 is 26.8 Å². The lowest BCUT2D eigenvalue weighted by molar-refractivity contribution is 0.0735. The second kappa shape index (κ2) is 5.85. The van der Waals surface area contributed by atoms with Crippen molar-refractivity contribution in [2.45, 2.75) is 5.75 Å². The van der Waals surface area contributed by atoms with Gasteiger partial charge in [-0.2, -0.15) is 0 Å². The molecule has 0 saturated heterocycles. The van der Waals surface area contributed by atoms with Crippen molar-refractivity contribution in [3.8, 4) is 5.75 Å². The number of nitrogens with zero attached hydrogens (tertiary/aromatic N) is 1. The number of rotatable bonds is 4. The van der Waals surface area contributed by atoms with Crippen LogP contribution >= 0.6 is 0 Å². The van der Waals surface area contributed by atoms with Crippen molar-refractivity contribution < 1.29 is 17.9 Å². The summed E-state index contributed by atoms with van der Waals surface area (Å²) in [7, 11) is -3.10. The number of hydrogen-bond donors (Lipinski definition) is 1. The monoisotopic (exact) mass is 330 g/mol. The fourth-order valence-electron chi connectivity index (χ4n) is 2.18. The minimum Gasteiger partial charge on any atom is -0.423 e. The normalized spacial score (nSPS) is 11.5. The predicted molar refractivity (Wildman–Crippen MR) is 86.0 cm³/mol. The quantitative estimate of drug-likeness (QED) is 0.586. The van der Waals surface area contributed by atoms with Gasteiger partial charge in [0.2, 0.25) is 0 Å². The Hall–Kier alpha value is -2.67. The molecule has 0 aliphatic carbocycles. The molecule has 1 aromatic heterocycles. The molecule has 23 heavy (non-hydrogen) atoms. The first-order chi connectivity index (χ1) is 10.9. The minimum atomic E-state index is -3.10. The van der Waals surface area contributed by atoms with Crippen LogP contribution in [0.1, 0.15) is 15.9 Å². The number of benzene rings is 2. The highest BCUT2D eigenvalue weighted by atomic mass is 32.2. The topological polar surface area (TPSA) is 89.1 Å². The Labute approximate surface area is 133 Å². The van der Waals surface area contributed by atoms with Gasteiger partial charge >= 0.3 is 5.97 Å². The molecule has 1 heterocycles. The fourth-order valence-corrected chi connectivity index (χ4v) is 2.98. The first-order valence-electron chi connectivity index (χ1n) is 6.83. The summed E-state index contributed by atoms with van der Waals surface area (Å²) in [6.45, 7) is 0. The highest BCUT2D eigenvalue weighted by Gasteiger charge is 2.11. The molecule has 0 aliphatic rings. The molecule has 0 fully saturated rings. The zero-order chi connectivity index (χ0) is 16.4. The van der Waals surface area contributed by atoms with Crippen LogP contribution in [-0.2, 0) is 15.6 Å². The molecular weight excluding hydrogens is 316 g/mol. The molecule has 0 spiro atoms. The van der Waals surface area contributed by atoms with E-state index in [1.54, 1.807) is 48.8 Å². The van der Waals surface area contributed by atoms with Gasteiger partial charge in [-0.15, -0.1) is 0 Å². The van der Waals surface area contributed by atoms with E-state index >= 15 is 0 Å². The maximum Gasteiger partial charge on any atom is 0.343 e. The van der Waals surface area contributed by atoms with Crippen LogP contribution in [0.2, 0.25) is 0 Å². The summed E-state index contributed by atoms with van der Waals surface area (Å²) in [4.78, 5) is 19.2. The Bertz CT molecular complexity index is 959. The average molecular weight is 330 g/mol. The summed E-state index contributed by atoms with van der Waals surface area (Å²) in [5, 5.41) is 0. The van der Waals surface area contributed by atoms with Gasteiger partial charge in [0.25, 0.3) is 0 Å². The molecule has 1 N–H and O–H groups in total. The van der Waals surface area contributed by atoms with Crippen LogP contribution in [0, 0.1) is 0 Å². The molecule has 7 heteroatoms. The number of ether oxygens (including phenoxy) is 1. The fraction of sp³-hybridized carbons (Fsp3) is 0.125. The smallest absolute Gasteiger partial charge is 0.343 e. The summed E-state index contributed by atoms with van der Waals surface area (Å²) >= 11 is 0. The summed E-state index contributed by atoms with van der Waals surface area (Å²) in [5.41, 5.74) is 2.55. The maximum atomic E-state index is 12.1. The maximum absolute atomic E-state index is 12.1. The highest BCUT2D eigenvalue weighted by Crippen LogP contribution is 2.19. The van der Waals surface area contributed by atoms with Crippen LogP contribution in [-0.4, -0.2) is 30.6 Å². The van der Waals surface area contributed by atoms with Crippen molar-refractivity contribution in [2.75, 3.05) is 6.26 Å². The van der Waals surface area contributed by atoms with Crippen LogP contribution in [0.5, 0.6) is 5.75 Å². The Kier molecular flexibility index (Phi) is 3.87. The first-order valence-corrected chi connectivity index (χ1v) is 8.89. The number of hydrogen-bond acceptors (Lipinski definition) is 5. The largest absolute Gasteiger partial charge is 0.423 e. The molecule has 118 valence electrons. The van der Waals surface area contributed by atoms with Gasteiger partial charge in [0.05, 0.1) is 28.7 Å². The number of aromatic nitrogens is 2. The van der Waals surface area contributed by atoms with E-state index in [2.05, 4.69) is 9.97 Å². The van der Waals surface area contributed by atoms with Crippen LogP contribution in [0.15, 0.2) is 48.8 Å². The lowest BCUT2D eigenvalue weighted by atomic mass is 10.1. The molecule has 0 unspecified atom stereocenters. The van der Waals surface area contributed by atoms with Gasteiger partial charge in [-0.25, -0.2) is 18.2 Å². The number of aromatic amines is 1. The van der Waals surface area contributed by atoms with Crippen LogP contribution in [0.25, 0.3) is 11.0 Å². The standard InChI is InChI=1S/C16H14N2O4S/c1-23(20,21)9-11-2-4-12(5-3-11)16(19)22-13-6-7-14-15(8-13)18-10-17-14/h2-8,10H,9H2,1H3,(H,17,18). The lowest BCUT2D eigenvalue weighted by Gasteiger charge is -2.05. The molecule has 0 bridgehead atoms. The number of carbonyl (C=O) groups excluding carboxylic acids is 1. The minimum absolute atomic E-state index is 0.0567. The molecule has 0 radical (unpaired) electrons. The second-order valence-corrected chi connectivity index (χ2v) is 7.38. The van der Waals surface area contributed by atoms with Crippen molar-refractivity contribution in [1.82, 2.24) is 9.97 Å². The summed E-state index contributed by atoms with van der Waals surface area (Å²) in [5.74, 6) is -0.152. The van der Waals surface area contributed by atoms with E-state index in [1.807, 2.05) is 0 Å². The molecule has 6 nitrogen and oxygen atoms in total. The number of carbonyl (C=O) groups is 1. The molecule has 0 amide bonds. The third kappa shape index (κ3) is 3.75. The molecule has 3 rings (SSSR count). The zero-order valence-corrected chi connectivity index (χ0v) is 13.1. The van der Waals surface area contributed by atoms with Crippen LogP contribution in [0.4, 0.5) is 0 Å². The average Bonchev–Trinajstić information content (AvgIpc) is 2.94. The number of esters is 1. The molecule has 0 atom stereocenters. The Balaban J connectivity index is 1.74. The van der Waals surface area contributed by atoms with E-state index in [0.29, 0.717) is 16.9 Å². The van der Waals surface area contributed by atoms with E-state index in [1.165, 1.54) is 6.26 Å². The van der Waals surface area contributed by atoms with Crippen molar-refractivity contribution in [3.63, 3.8) is 0 Å². The van der Waals surface area contributed by atoms with Gasteiger partial charge in [0, 0.05) is 12.3 Å². The third-order valence-corrected chi connectivity index (χ3v) is 4.08. The summed E-state index contributed by atoms with van der Waals surface area (Å²) in [6, 6.07) is 11.4. The van der Waals surface area contributed by atoms with Crippen LogP contribution < -0.4 is 4.74 Å². The second-order valence-electron chi connectivity index (χ2n) is 5.24. The van der Waals surface area contributed by atoms with E-state index in [4.69, 9.17) is 4.74 Å². The van der Waals surface area contributed by atoms with E-state index in [9.17, 15) is 13.2 Å². The SMILES string of the molecule is CS(=O)(=O)Cc1ccc(C(=O)Oc2ccc3nc[nH]c3c2)cc1. The molecule has 0 saturated carbocycles. The summed E-state index contributed by atoms with van der Waals surface area (Å²) in [6.07, 6.45) is 2.73. The number of nitrogens with one attached hydrogen (secondary N) is 1. The van der Waals surface area contributed by atoms with Crippen molar-refractivity contribution in [3.05, 3.63) is 59.9 Å². The van der Waals surface area contributed by atoms with Crippen LogP contribution in [0.3, 0.4) is 0 Å². The van der Waals surface area contributed by atoms with Gasteiger partial charge in [-0.05, 0) is 29.8 Å². The van der Waals surface area contributed by atoms with Crippen molar-refractivity contribution in [1.29, 1.82) is 0 Å². The number of sulfone groups is 1.